The Balaban J connectivity index is 2.69. The van der Waals surface area contributed by atoms with E-state index in [1.165, 1.54) is 0 Å². The quantitative estimate of drug-likeness (QED) is 0.542. The SMILES string of the molecule is Cc1cccc2sc3cccc(C)c3c(=O)c12. The number of fused-ring (bicyclic) bond motifs is 2. The Labute approximate surface area is 103 Å². The molecule has 0 radical (unpaired) electrons. The van der Waals surface area contributed by atoms with Crippen molar-refractivity contribution in [1.82, 2.24) is 0 Å². The van der Waals surface area contributed by atoms with Gasteiger partial charge in [-0.1, -0.05) is 24.3 Å². The van der Waals surface area contributed by atoms with Crippen LogP contribution in [0.4, 0.5) is 0 Å². The maximum absolute atomic E-state index is 12.5. The third-order valence-corrected chi connectivity index (χ3v) is 4.26. The topological polar surface area (TPSA) is 17.1 Å². The molecular formula is C15H12OS. The first-order chi connectivity index (χ1) is 8.18. The average Bonchev–Trinajstić information content (AvgIpc) is 2.28. The first-order valence-corrected chi connectivity index (χ1v) is 6.42. The highest BCUT2D eigenvalue weighted by Gasteiger charge is 2.09. The van der Waals surface area contributed by atoms with Gasteiger partial charge in [0.05, 0.1) is 0 Å². The fourth-order valence-electron chi connectivity index (χ4n) is 2.28. The second-order valence-corrected chi connectivity index (χ2v) is 5.41. The molecule has 1 heterocycles. The second kappa shape index (κ2) is 3.67. The molecule has 3 rings (SSSR count). The fraction of sp³-hybridized carbons (Fsp3) is 0.133. The Morgan fingerprint density at radius 3 is 1.76 bits per heavy atom. The molecule has 0 aliphatic rings. The van der Waals surface area contributed by atoms with Crippen LogP contribution in [0.3, 0.4) is 0 Å². The van der Waals surface area contributed by atoms with E-state index in [2.05, 4.69) is 0 Å². The highest BCUT2D eigenvalue weighted by atomic mass is 32.1. The summed E-state index contributed by atoms with van der Waals surface area (Å²) in [5.74, 6) is 0. The van der Waals surface area contributed by atoms with Gasteiger partial charge in [0.1, 0.15) is 0 Å². The van der Waals surface area contributed by atoms with Crippen LogP contribution in [-0.2, 0) is 0 Å². The minimum atomic E-state index is 0.171. The lowest BCUT2D eigenvalue weighted by Crippen LogP contribution is -2.04. The summed E-state index contributed by atoms with van der Waals surface area (Å²) in [6.45, 7) is 4.00. The molecular weight excluding hydrogens is 228 g/mol. The van der Waals surface area contributed by atoms with Crippen molar-refractivity contribution in [1.29, 1.82) is 0 Å². The van der Waals surface area contributed by atoms with Crippen molar-refractivity contribution in [2.45, 2.75) is 13.8 Å². The minimum Gasteiger partial charge on any atom is -0.288 e. The predicted octanol–water partition coefficient (Wildman–Crippen LogP) is 4.03. The summed E-state index contributed by atoms with van der Waals surface area (Å²) in [7, 11) is 0. The zero-order chi connectivity index (χ0) is 12.0. The molecule has 0 atom stereocenters. The molecule has 0 spiro atoms. The van der Waals surface area contributed by atoms with E-state index in [0.29, 0.717) is 0 Å². The molecule has 1 aromatic heterocycles. The zero-order valence-corrected chi connectivity index (χ0v) is 10.6. The van der Waals surface area contributed by atoms with E-state index in [4.69, 9.17) is 0 Å². The molecule has 0 saturated heterocycles. The molecule has 0 N–H and O–H groups in total. The van der Waals surface area contributed by atoms with Crippen LogP contribution in [0.1, 0.15) is 11.1 Å². The van der Waals surface area contributed by atoms with E-state index in [1.54, 1.807) is 11.3 Å². The van der Waals surface area contributed by atoms with Crippen LogP contribution < -0.4 is 5.43 Å². The molecule has 1 nitrogen and oxygen atoms in total. The third-order valence-electron chi connectivity index (χ3n) is 3.14. The predicted molar refractivity (Wildman–Crippen MR) is 75.1 cm³/mol. The summed E-state index contributed by atoms with van der Waals surface area (Å²) in [6, 6.07) is 12.1. The van der Waals surface area contributed by atoms with Crippen molar-refractivity contribution in [3.8, 4) is 0 Å². The van der Waals surface area contributed by atoms with Gasteiger partial charge in [-0.25, -0.2) is 0 Å². The maximum Gasteiger partial charge on any atom is 0.196 e. The van der Waals surface area contributed by atoms with Crippen LogP contribution in [0.2, 0.25) is 0 Å². The molecule has 84 valence electrons. The molecule has 0 bridgehead atoms. The van der Waals surface area contributed by atoms with E-state index < -0.39 is 0 Å². The van der Waals surface area contributed by atoms with Crippen LogP contribution >= 0.6 is 11.3 Å². The van der Waals surface area contributed by atoms with Crippen LogP contribution in [0, 0.1) is 13.8 Å². The number of aryl methyl sites for hydroxylation is 2. The normalized spacial score (nSPS) is 11.2. The summed E-state index contributed by atoms with van der Waals surface area (Å²) in [5, 5.41) is 1.75. The van der Waals surface area contributed by atoms with Crippen molar-refractivity contribution >= 4 is 31.5 Å². The van der Waals surface area contributed by atoms with Gasteiger partial charge in [-0.2, -0.15) is 0 Å². The molecule has 2 aromatic carbocycles. The van der Waals surface area contributed by atoms with Gasteiger partial charge in [0.15, 0.2) is 5.43 Å². The molecule has 3 aromatic rings. The van der Waals surface area contributed by atoms with E-state index in [0.717, 1.165) is 31.3 Å². The van der Waals surface area contributed by atoms with Crippen LogP contribution in [0.25, 0.3) is 20.2 Å². The average molecular weight is 240 g/mol. The molecule has 0 aliphatic carbocycles. The number of hydrogen-bond acceptors (Lipinski definition) is 2. The largest absolute Gasteiger partial charge is 0.288 e. The van der Waals surface area contributed by atoms with Crippen molar-refractivity contribution in [2.75, 3.05) is 0 Å². The van der Waals surface area contributed by atoms with E-state index in [9.17, 15) is 4.79 Å². The maximum atomic E-state index is 12.5. The molecule has 0 unspecified atom stereocenters. The second-order valence-electron chi connectivity index (χ2n) is 4.33. The molecule has 0 aliphatic heterocycles. The summed E-state index contributed by atoms with van der Waals surface area (Å²) < 4.78 is 2.15. The van der Waals surface area contributed by atoms with Gasteiger partial charge in [0, 0.05) is 20.2 Å². The summed E-state index contributed by atoms with van der Waals surface area (Å²) in [5.41, 5.74) is 2.30. The van der Waals surface area contributed by atoms with Gasteiger partial charge in [0.2, 0.25) is 0 Å². The summed E-state index contributed by atoms with van der Waals surface area (Å²) >= 11 is 1.69. The van der Waals surface area contributed by atoms with Crippen molar-refractivity contribution in [3.63, 3.8) is 0 Å². The van der Waals surface area contributed by atoms with E-state index in [-0.39, 0.29) is 5.43 Å². The van der Waals surface area contributed by atoms with E-state index >= 15 is 0 Å². The lowest BCUT2D eigenvalue weighted by Gasteiger charge is -2.05. The molecule has 2 heteroatoms. The monoisotopic (exact) mass is 240 g/mol. The third kappa shape index (κ3) is 1.48. The highest BCUT2D eigenvalue weighted by Crippen LogP contribution is 2.27. The Morgan fingerprint density at radius 1 is 0.824 bits per heavy atom. The Kier molecular flexibility index (Phi) is 2.26. The van der Waals surface area contributed by atoms with Gasteiger partial charge in [-0.15, -0.1) is 11.3 Å². The summed E-state index contributed by atoms with van der Waals surface area (Å²) in [4.78, 5) is 12.5. The first-order valence-electron chi connectivity index (χ1n) is 5.60. The summed E-state index contributed by atoms with van der Waals surface area (Å²) in [6.07, 6.45) is 0. The van der Waals surface area contributed by atoms with Crippen LogP contribution in [-0.4, -0.2) is 0 Å². The van der Waals surface area contributed by atoms with Gasteiger partial charge in [-0.05, 0) is 37.1 Å². The van der Waals surface area contributed by atoms with Gasteiger partial charge < -0.3 is 0 Å². The first kappa shape index (κ1) is 10.5. The number of hydrogen-bond donors (Lipinski definition) is 0. The van der Waals surface area contributed by atoms with Gasteiger partial charge in [0.25, 0.3) is 0 Å². The minimum absolute atomic E-state index is 0.171. The van der Waals surface area contributed by atoms with Gasteiger partial charge >= 0.3 is 0 Å². The smallest absolute Gasteiger partial charge is 0.196 e. The van der Waals surface area contributed by atoms with Crippen molar-refractivity contribution < 1.29 is 0 Å². The highest BCUT2D eigenvalue weighted by molar-refractivity contribution is 7.24. The molecule has 0 saturated carbocycles. The fourth-order valence-corrected chi connectivity index (χ4v) is 3.52. The van der Waals surface area contributed by atoms with E-state index in [1.807, 2.05) is 50.2 Å². The molecule has 0 fully saturated rings. The number of benzene rings is 2. The molecule has 17 heavy (non-hydrogen) atoms. The number of rotatable bonds is 0. The lowest BCUT2D eigenvalue weighted by molar-refractivity contribution is 1.50. The Morgan fingerprint density at radius 2 is 1.29 bits per heavy atom. The van der Waals surface area contributed by atoms with Crippen molar-refractivity contribution in [2.24, 2.45) is 0 Å². The van der Waals surface area contributed by atoms with Gasteiger partial charge in [-0.3, -0.25) is 4.79 Å². The Bertz CT molecular complexity index is 721. The van der Waals surface area contributed by atoms with Crippen molar-refractivity contribution in [3.05, 3.63) is 57.7 Å². The zero-order valence-electron chi connectivity index (χ0n) is 9.78. The standard InChI is InChI=1S/C15H12OS/c1-9-5-3-7-11-13(9)15(16)14-10(2)6-4-8-12(14)17-11/h3-8H,1-2H3. The van der Waals surface area contributed by atoms with Crippen LogP contribution in [0.5, 0.6) is 0 Å². The molecule has 0 amide bonds. The van der Waals surface area contributed by atoms with Crippen LogP contribution in [0.15, 0.2) is 41.2 Å². The lowest BCUT2D eigenvalue weighted by atomic mass is 10.1. The Hall–Kier alpha value is -1.67.